The second kappa shape index (κ2) is 17.0. The maximum Gasteiger partial charge on any atom is 0.0542 e. The molecule has 0 atom stereocenters. The Hall–Kier alpha value is -8.86. The summed E-state index contributed by atoms with van der Waals surface area (Å²) in [6, 6.07) is 82.7. The van der Waals surface area contributed by atoms with Crippen molar-refractivity contribution in [3.8, 4) is 16.8 Å². The monoisotopic (exact) mass is 898 g/mol. The van der Waals surface area contributed by atoms with Crippen LogP contribution in [0.1, 0.15) is 24.0 Å². The van der Waals surface area contributed by atoms with Gasteiger partial charge in [0.1, 0.15) is 0 Å². The van der Waals surface area contributed by atoms with Gasteiger partial charge in [0.25, 0.3) is 0 Å². The molecule has 334 valence electrons. The Bertz CT molecular complexity index is 4000. The quantitative estimate of drug-likeness (QED) is 0.144. The minimum absolute atomic E-state index is 1.02. The van der Waals surface area contributed by atoms with Gasteiger partial charge in [-0.3, -0.25) is 0 Å². The van der Waals surface area contributed by atoms with Crippen LogP contribution < -0.4 is 9.80 Å². The number of para-hydroxylation sites is 3. The summed E-state index contributed by atoms with van der Waals surface area (Å²) in [6.07, 6.45) is 8.80. The average molecular weight is 899 g/mol. The van der Waals surface area contributed by atoms with Crippen molar-refractivity contribution in [2.24, 2.45) is 0 Å². The van der Waals surface area contributed by atoms with Crippen molar-refractivity contribution in [3.05, 3.63) is 254 Å². The second-order valence-corrected chi connectivity index (χ2v) is 18.6. The molecule has 0 saturated heterocycles. The van der Waals surface area contributed by atoms with Crippen LogP contribution in [-0.2, 0) is 0 Å². The maximum absolute atomic E-state index is 2.46. The van der Waals surface area contributed by atoms with Crippen molar-refractivity contribution < 1.29 is 0 Å². The molecule has 1 aliphatic carbocycles. The highest BCUT2D eigenvalue weighted by atomic mass is 15.2. The van der Waals surface area contributed by atoms with Crippen molar-refractivity contribution in [2.75, 3.05) is 9.80 Å². The van der Waals surface area contributed by atoms with Crippen LogP contribution in [0.15, 0.2) is 243 Å². The lowest BCUT2D eigenvalue weighted by Gasteiger charge is -2.28. The number of benzene rings is 10. The minimum atomic E-state index is 1.02. The number of nitrogens with zero attached hydrogens (tertiary/aromatic N) is 4. The third kappa shape index (κ3) is 6.99. The third-order valence-corrected chi connectivity index (χ3v) is 14.3. The molecule has 0 saturated carbocycles. The molecule has 70 heavy (non-hydrogen) atoms. The van der Waals surface area contributed by atoms with E-state index in [1.165, 1.54) is 82.3 Å². The number of rotatable bonds is 9. The molecular formula is C66H50N4. The minimum Gasteiger partial charge on any atom is -0.313 e. The molecule has 4 heteroatoms. The standard InChI is InChI=1S/C66H50N4/c1-45-25-31-50(32-26-45)67(53-37-40-65-60(43-53)58-21-11-13-23-62(58)69(65)48-15-5-3-6-16-48)51-35-29-47(30-36-51)55-39-42-64(57-20-10-9-19-56(55)57)68(52-33-27-46(2)28-34-52)54-38-41-66-61(44-54)59-22-12-14-24-63(59)70(66)49-17-7-4-8-18-49/h3-5,7-15,17-44H,6,16H2,1-2H3. The van der Waals surface area contributed by atoms with Gasteiger partial charge in [0.15, 0.2) is 0 Å². The highest BCUT2D eigenvalue weighted by Crippen LogP contribution is 2.46. The molecule has 10 aromatic carbocycles. The molecule has 12 aromatic rings. The van der Waals surface area contributed by atoms with E-state index >= 15 is 0 Å². The van der Waals surface area contributed by atoms with Crippen LogP contribution in [0.25, 0.3) is 76.9 Å². The van der Waals surface area contributed by atoms with E-state index in [4.69, 9.17) is 0 Å². The van der Waals surface area contributed by atoms with Gasteiger partial charge in [-0.05, 0) is 152 Å². The van der Waals surface area contributed by atoms with Crippen LogP contribution in [0, 0.1) is 13.8 Å². The Labute approximate surface area is 408 Å². The van der Waals surface area contributed by atoms with Crippen LogP contribution in [0.4, 0.5) is 34.1 Å². The molecule has 0 unspecified atom stereocenters. The number of anilines is 6. The summed E-state index contributed by atoms with van der Waals surface area (Å²) in [5.41, 5.74) is 18.9. The first-order valence-electron chi connectivity index (χ1n) is 24.4. The normalized spacial score (nSPS) is 12.6. The summed E-state index contributed by atoms with van der Waals surface area (Å²) in [5, 5.41) is 7.35. The van der Waals surface area contributed by atoms with Gasteiger partial charge in [-0.2, -0.15) is 0 Å². The van der Waals surface area contributed by atoms with Crippen LogP contribution in [0.5, 0.6) is 0 Å². The highest BCUT2D eigenvalue weighted by Gasteiger charge is 2.22. The Balaban J connectivity index is 0.921. The fourth-order valence-corrected chi connectivity index (χ4v) is 10.9. The van der Waals surface area contributed by atoms with Crippen LogP contribution in [0.2, 0.25) is 0 Å². The first kappa shape index (κ1) is 41.3. The van der Waals surface area contributed by atoms with Gasteiger partial charge in [-0.15, -0.1) is 0 Å². The molecule has 13 rings (SSSR count). The Morgan fingerprint density at radius 1 is 0.371 bits per heavy atom. The predicted octanol–water partition coefficient (Wildman–Crippen LogP) is 18.5. The van der Waals surface area contributed by atoms with Crippen molar-refractivity contribution in [2.45, 2.75) is 26.7 Å². The largest absolute Gasteiger partial charge is 0.313 e. The lowest BCUT2D eigenvalue weighted by Crippen LogP contribution is -2.11. The second-order valence-electron chi connectivity index (χ2n) is 18.6. The van der Waals surface area contributed by atoms with Crippen molar-refractivity contribution in [1.82, 2.24) is 9.13 Å². The molecule has 0 spiro atoms. The molecule has 0 bridgehead atoms. The smallest absolute Gasteiger partial charge is 0.0542 e. The van der Waals surface area contributed by atoms with Gasteiger partial charge in [0.2, 0.25) is 0 Å². The van der Waals surface area contributed by atoms with E-state index in [1.807, 2.05) is 0 Å². The number of aromatic nitrogens is 2. The van der Waals surface area contributed by atoms with Crippen molar-refractivity contribution in [1.29, 1.82) is 0 Å². The zero-order valence-electron chi connectivity index (χ0n) is 39.3. The summed E-state index contributed by atoms with van der Waals surface area (Å²) in [4.78, 5) is 4.83. The fourth-order valence-electron chi connectivity index (χ4n) is 10.9. The topological polar surface area (TPSA) is 16.3 Å². The summed E-state index contributed by atoms with van der Waals surface area (Å²) in [5.74, 6) is 0. The van der Waals surface area contributed by atoms with E-state index in [1.54, 1.807) is 0 Å². The lowest BCUT2D eigenvalue weighted by molar-refractivity contribution is 0.979. The third-order valence-electron chi connectivity index (χ3n) is 14.3. The molecular weight excluding hydrogens is 849 g/mol. The predicted molar refractivity (Wildman–Crippen MR) is 298 cm³/mol. The van der Waals surface area contributed by atoms with Crippen LogP contribution in [-0.4, -0.2) is 9.13 Å². The number of fused-ring (bicyclic) bond motifs is 7. The summed E-state index contributed by atoms with van der Waals surface area (Å²) < 4.78 is 4.84. The maximum atomic E-state index is 2.46. The van der Waals surface area contributed by atoms with Gasteiger partial charge < -0.3 is 18.9 Å². The number of hydrogen-bond acceptors (Lipinski definition) is 2. The fraction of sp³-hybridized carbons (Fsp3) is 0.0606. The van der Waals surface area contributed by atoms with Gasteiger partial charge in [0, 0.05) is 66.8 Å². The van der Waals surface area contributed by atoms with Crippen molar-refractivity contribution >= 4 is 94.2 Å². The molecule has 0 N–H and O–H groups in total. The average Bonchev–Trinajstić information content (AvgIpc) is 3.93. The molecule has 0 fully saturated rings. The summed E-state index contributed by atoms with van der Waals surface area (Å²) in [7, 11) is 0. The number of hydrogen-bond donors (Lipinski definition) is 0. The number of allylic oxidation sites excluding steroid dienone is 4. The Morgan fingerprint density at radius 3 is 1.47 bits per heavy atom. The van der Waals surface area contributed by atoms with Crippen molar-refractivity contribution in [3.63, 3.8) is 0 Å². The van der Waals surface area contributed by atoms with Gasteiger partial charge in [-0.25, -0.2) is 0 Å². The van der Waals surface area contributed by atoms with Gasteiger partial charge in [0.05, 0.1) is 27.8 Å². The van der Waals surface area contributed by atoms with E-state index in [0.717, 1.165) is 52.7 Å². The van der Waals surface area contributed by atoms with E-state index in [0.29, 0.717) is 0 Å². The van der Waals surface area contributed by atoms with Crippen LogP contribution >= 0.6 is 0 Å². The molecule has 1 aliphatic rings. The zero-order chi connectivity index (χ0) is 46.7. The SMILES string of the molecule is Cc1ccc(N(c2ccc(-c3ccc(N(c4ccc(C)cc4)c4ccc5c(c4)c4ccccc4n5-c4ccccc4)c4ccccc34)cc2)c2ccc3c(c2)c2ccccc2n3C2=CC=CCC2)cc1. The highest BCUT2D eigenvalue weighted by molar-refractivity contribution is 6.13. The Morgan fingerprint density at radius 2 is 0.857 bits per heavy atom. The zero-order valence-corrected chi connectivity index (χ0v) is 39.3. The van der Waals surface area contributed by atoms with E-state index in [-0.39, 0.29) is 0 Å². The molecule has 2 heterocycles. The summed E-state index contributed by atoms with van der Waals surface area (Å²) in [6.45, 7) is 4.30. The summed E-state index contributed by atoms with van der Waals surface area (Å²) >= 11 is 0. The van der Waals surface area contributed by atoms with Gasteiger partial charge >= 0.3 is 0 Å². The molecule has 0 amide bonds. The first-order chi connectivity index (χ1) is 34.6. The lowest BCUT2D eigenvalue weighted by atomic mass is 9.96. The molecule has 4 nitrogen and oxygen atoms in total. The Kier molecular flexibility index (Phi) is 10.1. The van der Waals surface area contributed by atoms with Gasteiger partial charge in [-0.1, -0.05) is 145 Å². The molecule has 0 radical (unpaired) electrons. The van der Waals surface area contributed by atoms with E-state index < -0.39 is 0 Å². The van der Waals surface area contributed by atoms with Crippen LogP contribution in [0.3, 0.4) is 0 Å². The van der Waals surface area contributed by atoms with E-state index in [9.17, 15) is 0 Å². The number of aryl methyl sites for hydroxylation is 2. The molecule has 0 aliphatic heterocycles. The van der Waals surface area contributed by atoms with E-state index in [2.05, 4.69) is 275 Å². The molecule has 2 aromatic heterocycles. The first-order valence-corrected chi connectivity index (χ1v) is 24.4.